The molecule has 0 saturated carbocycles. The zero-order chi connectivity index (χ0) is 20.3. The Hall–Kier alpha value is -1.39. The smallest absolute Gasteiger partial charge is 0.222 e. The summed E-state index contributed by atoms with van der Waals surface area (Å²) in [6.45, 7) is 10.7. The number of amides is 1. The van der Waals surface area contributed by atoms with Gasteiger partial charge < -0.3 is 20.3 Å². The first kappa shape index (κ1) is 24.9. The molecule has 3 rings (SSSR count). The lowest BCUT2D eigenvalue weighted by molar-refractivity contribution is -0.127. The fourth-order valence-electron chi connectivity index (χ4n) is 3.79. The number of morpholine rings is 1. The molecule has 2 saturated heterocycles. The van der Waals surface area contributed by atoms with E-state index < -0.39 is 0 Å². The van der Waals surface area contributed by atoms with Gasteiger partial charge >= 0.3 is 0 Å². The highest BCUT2D eigenvalue weighted by Gasteiger charge is 2.19. The lowest BCUT2D eigenvalue weighted by Gasteiger charge is -2.27. The number of hydrogen-bond acceptors (Lipinski definition) is 4. The highest BCUT2D eigenvalue weighted by atomic mass is 127. The monoisotopic (exact) mass is 529 g/mol. The molecule has 0 atom stereocenters. The van der Waals surface area contributed by atoms with Gasteiger partial charge in [-0.05, 0) is 30.9 Å². The van der Waals surface area contributed by atoms with E-state index in [4.69, 9.17) is 9.73 Å². The molecular formula is C22H36IN5O2. The second-order valence-corrected chi connectivity index (χ2v) is 7.62. The van der Waals surface area contributed by atoms with Crippen LogP contribution in [0.25, 0.3) is 0 Å². The van der Waals surface area contributed by atoms with Crippen molar-refractivity contribution in [1.29, 1.82) is 0 Å². The van der Waals surface area contributed by atoms with Crippen LogP contribution in [0.5, 0.6) is 0 Å². The molecule has 1 aromatic carbocycles. The van der Waals surface area contributed by atoms with Crippen molar-refractivity contribution in [3.05, 3.63) is 35.4 Å². The van der Waals surface area contributed by atoms with Gasteiger partial charge in [0.25, 0.3) is 0 Å². The number of rotatable bonds is 9. The van der Waals surface area contributed by atoms with Crippen molar-refractivity contribution in [3.8, 4) is 0 Å². The van der Waals surface area contributed by atoms with Gasteiger partial charge in [-0.3, -0.25) is 9.69 Å². The van der Waals surface area contributed by atoms with Gasteiger partial charge in [-0.25, -0.2) is 4.99 Å². The topological polar surface area (TPSA) is 69.2 Å². The zero-order valence-corrected chi connectivity index (χ0v) is 20.4. The Kier molecular flexibility index (Phi) is 11.5. The molecule has 2 aliphatic heterocycles. The highest BCUT2D eigenvalue weighted by Crippen LogP contribution is 2.14. The molecule has 2 N–H and O–H groups in total. The molecule has 0 radical (unpaired) electrons. The van der Waals surface area contributed by atoms with E-state index in [1.165, 1.54) is 11.1 Å². The van der Waals surface area contributed by atoms with Crippen molar-refractivity contribution >= 4 is 35.8 Å². The minimum absolute atomic E-state index is 0. The Bertz CT molecular complexity index is 679. The summed E-state index contributed by atoms with van der Waals surface area (Å²) in [6, 6.07) is 8.56. The van der Waals surface area contributed by atoms with Crippen molar-refractivity contribution < 1.29 is 9.53 Å². The van der Waals surface area contributed by atoms with Crippen LogP contribution < -0.4 is 10.6 Å². The molecule has 30 heavy (non-hydrogen) atoms. The molecule has 1 amide bonds. The van der Waals surface area contributed by atoms with Gasteiger partial charge in [0.2, 0.25) is 5.91 Å². The minimum Gasteiger partial charge on any atom is -0.379 e. The van der Waals surface area contributed by atoms with E-state index >= 15 is 0 Å². The van der Waals surface area contributed by atoms with Crippen LogP contribution in [0.4, 0.5) is 0 Å². The maximum absolute atomic E-state index is 11.7. The molecule has 0 unspecified atom stereocenters. The van der Waals surface area contributed by atoms with Crippen LogP contribution in [0.3, 0.4) is 0 Å². The van der Waals surface area contributed by atoms with Crippen LogP contribution in [0, 0.1) is 0 Å². The maximum Gasteiger partial charge on any atom is 0.222 e. The first-order valence-corrected chi connectivity index (χ1v) is 10.9. The van der Waals surface area contributed by atoms with E-state index in [9.17, 15) is 4.79 Å². The third kappa shape index (κ3) is 8.03. The molecule has 0 spiro atoms. The molecule has 0 aromatic heterocycles. The van der Waals surface area contributed by atoms with Crippen molar-refractivity contribution in [3.63, 3.8) is 0 Å². The van der Waals surface area contributed by atoms with E-state index in [2.05, 4.69) is 46.7 Å². The number of aliphatic imine (C=N–C) groups is 1. The predicted molar refractivity (Wildman–Crippen MR) is 131 cm³/mol. The number of carbonyl (C=O) groups is 1. The van der Waals surface area contributed by atoms with Crippen LogP contribution in [-0.2, 0) is 22.6 Å². The van der Waals surface area contributed by atoms with Gasteiger partial charge in [-0.1, -0.05) is 24.3 Å². The minimum atomic E-state index is 0. The summed E-state index contributed by atoms with van der Waals surface area (Å²) >= 11 is 0. The largest absolute Gasteiger partial charge is 0.379 e. The Morgan fingerprint density at radius 3 is 2.60 bits per heavy atom. The molecule has 168 valence electrons. The number of likely N-dealkylation sites (tertiary alicyclic amines) is 1. The van der Waals surface area contributed by atoms with Crippen molar-refractivity contribution in [1.82, 2.24) is 20.4 Å². The first-order chi connectivity index (χ1) is 14.3. The van der Waals surface area contributed by atoms with Crippen LogP contribution in [0.15, 0.2) is 29.3 Å². The molecule has 2 aliphatic rings. The Morgan fingerprint density at radius 2 is 1.90 bits per heavy atom. The average Bonchev–Trinajstić information content (AvgIpc) is 3.15. The number of nitrogens with one attached hydrogen (secondary N) is 2. The summed E-state index contributed by atoms with van der Waals surface area (Å²) in [5, 5.41) is 6.73. The Balaban J connectivity index is 0.00000320. The first-order valence-electron chi connectivity index (χ1n) is 10.9. The van der Waals surface area contributed by atoms with E-state index in [0.29, 0.717) is 18.9 Å². The number of nitrogens with zero attached hydrogens (tertiary/aromatic N) is 3. The number of benzene rings is 1. The fourth-order valence-corrected chi connectivity index (χ4v) is 3.79. The molecule has 0 bridgehead atoms. The van der Waals surface area contributed by atoms with Crippen LogP contribution in [-0.4, -0.2) is 74.1 Å². The second kappa shape index (κ2) is 13.8. The van der Waals surface area contributed by atoms with Gasteiger partial charge in [0.15, 0.2) is 5.96 Å². The number of guanidine groups is 1. The average molecular weight is 529 g/mol. The van der Waals surface area contributed by atoms with Gasteiger partial charge in [-0.2, -0.15) is 0 Å². The molecule has 8 heteroatoms. The molecular weight excluding hydrogens is 493 g/mol. The van der Waals surface area contributed by atoms with E-state index in [-0.39, 0.29) is 24.0 Å². The molecule has 2 heterocycles. The number of halogens is 1. The zero-order valence-electron chi connectivity index (χ0n) is 18.1. The van der Waals surface area contributed by atoms with Gasteiger partial charge in [-0.15, -0.1) is 24.0 Å². The Labute approximate surface area is 197 Å². The summed E-state index contributed by atoms with van der Waals surface area (Å²) in [4.78, 5) is 20.9. The van der Waals surface area contributed by atoms with E-state index in [0.717, 1.165) is 77.8 Å². The third-order valence-corrected chi connectivity index (χ3v) is 5.44. The highest BCUT2D eigenvalue weighted by molar-refractivity contribution is 14.0. The molecule has 0 aliphatic carbocycles. The summed E-state index contributed by atoms with van der Waals surface area (Å²) in [6.07, 6.45) is 2.64. The third-order valence-electron chi connectivity index (χ3n) is 5.44. The summed E-state index contributed by atoms with van der Waals surface area (Å²) < 4.78 is 5.46. The predicted octanol–water partition coefficient (Wildman–Crippen LogP) is 2.20. The molecule has 7 nitrogen and oxygen atoms in total. The van der Waals surface area contributed by atoms with Crippen LogP contribution >= 0.6 is 24.0 Å². The van der Waals surface area contributed by atoms with E-state index in [1.54, 1.807) is 0 Å². The number of hydrogen-bond donors (Lipinski definition) is 2. The maximum atomic E-state index is 11.7. The lowest BCUT2D eigenvalue weighted by atomic mass is 10.1. The summed E-state index contributed by atoms with van der Waals surface area (Å²) in [5.74, 6) is 1.13. The number of ether oxygens (including phenoxy) is 1. The number of carbonyl (C=O) groups excluding carboxylic acids is 1. The standard InChI is InChI=1S/C22H35N5O2.HI/c1-2-23-22(24-10-6-12-27-11-5-9-21(27)28)25-17-19-7-3-4-8-20(19)18-26-13-15-29-16-14-26;/h3-4,7-8H,2,5-6,9-18H2,1H3,(H2,23,24,25);1H. The normalized spacial score (nSPS) is 17.7. The Morgan fingerprint density at radius 1 is 1.13 bits per heavy atom. The van der Waals surface area contributed by atoms with E-state index in [1.807, 2.05) is 4.90 Å². The quantitative estimate of drug-likeness (QED) is 0.222. The molecule has 2 fully saturated rings. The van der Waals surface area contributed by atoms with Gasteiger partial charge in [0, 0.05) is 52.2 Å². The van der Waals surface area contributed by atoms with Crippen molar-refractivity contribution in [2.24, 2.45) is 4.99 Å². The lowest BCUT2D eigenvalue weighted by Crippen LogP contribution is -2.39. The van der Waals surface area contributed by atoms with Gasteiger partial charge in [0.1, 0.15) is 0 Å². The fraction of sp³-hybridized carbons (Fsp3) is 0.636. The molecule has 1 aromatic rings. The second-order valence-electron chi connectivity index (χ2n) is 7.62. The van der Waals surface area contributed by atoms with Crippen molar-refractivity contribution in [2.45, 2.75) is 39.3 Å². The summed E-state index contributed by atoms with van der Waals surface area (Å²) in [5.41, 5.74) is 2.60. The van der Waals surface area contributed by atoms with Crippen LogP contribution in [0.2, 0.25) is 0 Å². The van der Waals surface area contributed by atoms with Gasteiger partial charge in [0.05, 0.1) is 19.8 Å². The van der Waals surface area contributed by atoms with Crippen LogP contribution in [0.1, 0.15) is 37.3 Å². The summed E-state index contributed by atoms with van der Waals surface area (Å²) in [7, 11) is 0. The SMILES string of the molecule is CCNC(=NCc1ccccc1CN1CCOCC1)NCCCN1CCCC1=O.I. The van der Waals surface area contributed by atoms with Crippen molar-refractivity contribution in [2.75, 3.05) is 52.5 Å².